The predicted octanol–water partition coefficient (Wildman–Crippen LogP) is 4.51. The molecule has 0 aliphatic carbocycles. The predicted molar refractivity (Wildman–Crippen MR) is 85.0 cm³/mol. The summed E-state index contributed by atoms with van der Waals surface area (Å²) in [5, 5.41) is 10.3. The molecule has 106 valence electrons. The van der Waals surface area contributed by atoms with E-state index in [9.17, 15) is 5.11 Å². The minimum absolute atomic E-state index is 0.161. The van der Waals surface area contributed by atoms with Crippen molar-refractivity contribution in [1.82, 2.24) is 0 Å². The molecule has 0 radical (unpaired) electrons. The summed E-state index contributed by atoms with van der Waals surface area (Å²) in [6.45, 7) is 3.99. The minimum Gasteiger partial charge on any atom is -0.491 e. The largest absolute Gasteiger partial charge is 0.491 e. The fourth-order valence-corrected chi connectivity index (χ4v) is 2.27. The molecule has 0 aliphatic heterocycles. The number of benzene rings is 2. The van der Waals surface area contributed by atoms with Gasteiger partial charge in [0, 0.05) is 10.9 Å². The summed E-state index contributed by atoms with van der Waals surface area (Å²) >= 11 is 3.41. The normalized spacial score (nSPS) is 12.4. The van der Waals surface area contributed by atoms with Gasteiger partial charge in [-0.1, -0.05) is 40.2 Å². The van der Waals surface area contributed by atoms with Gasteiger partial charge in [0.2, 0.25) is 0 Å². The summed E-state index contributed by atoms with van der Waals surface area (Å²) in [4.78, 5) is 0. The number of ether oxygens (including phenoxy) is 1. The zero-order chi connectivity index (χ0) is 14.5. The lowest BCUT2D eigenvalue weighted by Gasteiger charge is -2.13. The minimum atomic E-state index is -0.496. The van der Waals surface area contributed by atoms with Gasteiger partial charge in [-0.2, -0.15) is 0 Å². The highest BCUT2D eigenvalue weighted by atomic mass is 79.9. The molecule has 2 nitrogen and oxygen atoms in total. The van der Waals surface area contributed by atoms with Crippen molar-refractivity contribution in [3.05, 3.63) is 64.1 Å². The van der Waals surface area contributed by atoms with E-state index in [1.807, 2.05) is 62.4 Å². The van der Waals surface area contributed by atoms with Gasteiger partial charge in [-0.05, 0) is 49.2 Å². The summed E-state index contributed by atoms with van der Waals surface area (Å²) in [6.07, 6.45) is 0.273. The van der Waals surface area contributed by atoms with Crippen LogP contribution in [0.15, 0.2) is 53.0 Å². The number of aliphatic hydroxyl groups excluding tert-OH is 1. The lowest BCUT2D eigenvalue weighted by molar-refractivity contribution is 0.178. The van der Waals surface area contributed by atoms with Crippen LogP contribution in [0.25, 0.3) is 0 Å². The molecule has 1 atom stereocenters. The Balaban J connectivity index is 2.01. The van der Waals surface area contributed by atoms with E-state index < -0.39 is 6.10 Å². The standard InChI is InChI=1S/C17H19BrO2/c1-12(2)20-16-9-5-14(6-10-16)17(19)11-13-3-7-15(18)8-4-13/h3-10,12,17,19H,11H2,1-2H3. The van der Waals surface area contributed by atoms with Gasteiger partial charge < -0.3 is 9.84 Å². The molecule has 3 heteroatoms. The average molecular weight is 335 g/mol. The van der Waals surface area contributed by atoms with E-state index in [0.29, 0.717) is 6.42 Å². The number of halogens is 1. The first kappa shape index (κ1) is 15.1. The first-order valence-electron chi connectivity index (χ1n) is 6.73. The lowest BCUT2D eigenvalue weighted by atomic mass is 10.0. The van der Waals surface area contributed by atoms with Crippen LogP contribution < -0.4 is 4.74 Å². The molecule has 0 spiro atoms. The molecule has 2 rings (SSSR count). The second kappa shape index (κ2) is 6.91. The van der Waals surface area contributed by atoms with Gasteiger partial charge in [0.05, 0.1) is 12.2 Å². The lowest BCUT2D eigenvalue weighted by Crippen LogP contribution is -2.06. The van der Waals surface area contributed by atoms with Crippen molar-refractivity contribution in [1.29, 1.82) is 0 Å². The van der Waals surface area contributed by atoms with Gasteiger partial charge in [0.15, 0.2) is 0 Å². The maximum absolute atomic E-state index is 10.3. The van der Waals surface area contributed by atoms with Gasteiger partial charge in [-0.25, -0.2) is 0 Å². The first-order valence-corrected chi connectivity index (χ1v) is 7.53. The van der Waals surface area contributed by atoms with Crippen LogP contribution in [0.5, 0.6) is 5.75 Å². The van der Waals surface area contributed by atoms with Crippen LogP contribution in [0.1, 0.15) is 31.1 Å². The van der Waals surface area contributed by atoms with Crippen molar-refractivity contribution in [3.63, 3.8) is 0 Å². The summed E-state index contributed by atoms with van der Waals surface area (Å²) in [6, 6.07) is 15.7. The smallest absolute Gasteiger partial charge is 0.119 e. The Morgan fingerprint density at radius 3 is 2.15 bits per heavy atom. The van der Waals surface area contributed by atoms with Gasteiger partial charge in [0.25, 0.3) is 0 Å². The molecule has 2 aromatic rings. The fourth-order valence-electron chi connectivity index (χ4n) is 2.00. The molecule has 0 bridgehead atoms. The quantitative estimate of drug-likeness (QED) is 0.871. The van der Waals surface area contributed by atoms with E-state index in [2.05, 4.69) is 15.9 Å². The molecule has 0 saturated heterocycles. The van der Waals surface area contributed by atoms with E-state index in [-0.39, 0.29) is 6.10 Å². The second-order valence-corrected chi connectivity index (χ2v) is 6.00. The summed E-state index contributed by atoms with van der Waals surface area (Å²) in [5.41, 5.74) is 2.02. The third-order valence-corrected chi connectivity index (χ3v) is 3.51. The molecule has 0 aromatic heterocycles. The highest BCUT2D eigenvalue weighted by Crippen LogP contribution is 2.22. The van der Waals surface area contributed by atoms with Crippen molar-refractivity contribution in [2.45, 2.75) is 32.5 Å². The van der Waals surface area contributed by atoms with E-state index in [1.165, 1.54) is 0 Å². The van der Waals surface area contributed by atoms with Crippen molar-refractivity contribution >= 4 is 15.9 Å². The van der Waals surface area contributed by atoms with Crippen molar-refractivity contribution in [2.24, 2.45) is 0 Å². The van der Waals surface area contributed by atoms with Crippen LogP contribution in [0.4, 0.5) is 0 Å². The third-order valence-electron chi connectivity index (χ3n) is 2.98. The number of aliphatic hydroxyl groups is 1. The SMILES string of the molecule is CC(C)Oc1ccc(C(O)Cc2ccc(Br)cc2)cc1. The highest BCUT2D eigenvalue weighted by Gasteiger charge is 2.09. The Morgan fingerprint density at radius 2 is 1.60 bits per heavy atom. The molecular weight excluding hydrogens is 316 g/mol. The van der Waals surface area contributed by atoms with Gasteiger partial charge >= 0.3 is 0 Å². The maximum Gasteiger partial charge on any atom is 0.119 e. The van der Waals surface area contributed by atoms with Crippen LogP contribution in [0.2, 0.25) is 0 Å². The molecule has 0 amide bonds. The van der Waals surface area contributed by atoms with Crippen LogP contribution in [0, 0.1) is 0 Å². The molecule has 2 aromatic carbocycles. The van der Waals surface area contributed by atoms with E-state index in [1.54, 1.807) is 0 Å². The van der Waals surface area contributed by atoms with Crippen molar-refractivity contribution in [3.8, 4) is 5.75 Å². The molecule has 0 saturated carbocycles. The van der Waals surface area contributed by atoms with Gasteiger partial charge in [-0.3, -0.25) is 0 Å². The molecule has 20 heavy (non-hydrogen) atoms. The zero-order valence-corrected chi connectivity index (χ0v) is 13.3. The first-order chi connectivity index (χ1) is 9.54. The summed E-state index contributed by atoms with van der Waals surface area (Å²) in [7, 11) is 0. The van der Waals surface area contributed by atoms with Crippen LogP contribution >= 0.6 is 15.9 Å². The second-order valence-electron chi connectivity index (χ2n) is 5.08. The number of hydrogen-bond donors (Lipinski definition) is 1. The monoisotopic (exact) mass is 334 g/mol. The topological polar surface area (TPSA) is 29.5 Å². The Bertz CT molecular complexity index is 532. The maximum atomic E-state index is 10.3. The molecule has 0 fully saturated rings. The molecule has 1 N–H and O–H groups in total. The zero-order valence-electron chi connectivity index (χ0n) is 11.7. The molecular formula is C17H19BrO2. The van der Waals surface area contributed by atoms with Crippen LogP contribution in [0.3, 0.4) is 0 Å². The molecule has 1 unspecified atom stereocenters. The van der Waals surface area contributed by atoms with Gasteiger partial charge in [0.1, 0.15) is 5.75 Å². The van der Waals surface area contributed by atoms with Crippen molar-refractivity contribution in [2.75, 3.05) is 0 Å². The fraction of sp³-hybridized carbons (Fsp3) is 0.294. The molecule has 0 aliphatic rings. The van der Waals surface area contributed by atoms with E-state index in [4.69, 9.17) is 4.74 Å². The van der Waals surface area contributed by atoms with Gasteiger partial charge in [-0.15, -0.1) is 0 Å². The number of hydrogen-bond acceptors (Lipinski definition) is 2. The summed E-state index contributed by atoms with van der Waals surface area (Å²) in [5.74, 6) is 0.833. The summed E-state index contributed by atoms with van der Waals surface area (Å²) < 4.78 is 6.64. The Labute approximate surface area is 128 Å². The van der Waals surface area contributed by atoms with E-state index in [0.717, 1.165) is 21.3 Å². The van der Waals surface area contributed by atoms with E-state index >= 15 is 0 Å². The van der Waals surface area contributed by atoms with Crippen molar-refractivity contribution < 1.29 is 9.84 Å². The third kappa shape index (κ3) is 4.36. The Kier molecular flexibility index (Phi) is 5.21. The number of rotatable bonds is 5. The highest BCUT2D eigenvalue weighted by molar-refractivity contribution is 9.10. The van der Waals surface area contributed by atoms with Crippen LogP contribution in [-0.4, -0.2) is 11.2 Å². The van der Waals surface area contributed by atoms with Crippen LogP contribution in [-0.2, 0) is 6.42 Å². The Hall–Kier alpha value is -1.32. The average Bonchev–Trinajstić information content (AvgIpc) is 2.41. The Morgan fingerprint density at radius 1 is 1.00 bits per heavy atom. The molecule has 0 heterocycles.